The summed E-state index contributed by atoms with van der Waals surface area (Å²) in [6.07, 6.45) is 9.45. The van der Waals surface area contributed by atoms with Crippen LogP contribution in [0.4, 0.5) is 0 Å². The minimum atomic E-state index is -0.146. The fourth-order valence-electron chi connectivity index (χ4n) is 4.17. The molecule has 0 saturated heterocycles. The van der Waals surface area contributed by atoms with Crippen LogP contribution in [0, 0.1) is 0 Å². The minimum Gasteiger partial charge on any atom is -0.403 e. The summed E-state index contributed by atoms with van der Waals surface area (Å²) in [5.41, 5.74) is 16.5. The second kappa shape index (κ2) is 10.1. The maximum absolute atomic E-state index is 13.0. The van der Waals surface area contributed by atoms with Crippen LogP contribution in [0.25, 0.3) is 5.70 Å². The van der Waals surface area contributed by atoms with Crippen LogP contribution in [0.5, 0.6) is 0 Å². The third kappa shape index (κ3) is 5.28. The number of guanidine groups is 1. The van der Waals surface area contributed by atoms with Gasteiger partial charge in [-0.3, -0.25) is 14.8 Å². The van der Waals surface area contributed by atoms with Crippen LogP contribution in [0.1, 0.15) is 33.6 Å². The van der Waals surface area contributed by atoms with Gasteiger partial charge in [0.25, 0.3) is 5.91 Å². The van der Waals surface area contributed by atoms with E-state index in [0.717, 1.165) is 24.8 Å². The molecule has 2 aromatic rings. The van der Waals surface area contributed by atoms with Crippen molar-refractivity contribution in [3.63, 3.8) is 0 Å². The number of benzene rings is 1. The summed E-state index contributed by atoms with van der Waals surface area (Å²) in [6, 6.07) is 12.2. The first kappa shape index (κ1) is 22.3. The summed E-state index contributed by atoms with van der Waals surface area (Å²) < 4.78 is 0. The lowest BCUT2D eigenvalue weighted by Crippen LogP contribution is -2.37. The molecule has 170 valence electrons. The van der Waals surface area contributed by atoms with Crippen LogP contribution in [0.15, 0.2) is 70.4 Å². The smallest absolute Gasteiger partial charge is 0.272 e. The van der Waals surface area contributed by atoms with Crippen molar-refractivity contribution in [2.24, 2.45) is 21.5 Å². The maximum atomic E-state index is 13.0. The number of rotatable bonds is 4. The fourth-order valence-corrected chi connectivity index (χ4v) is 4.17. The Balaban J connectivity index is 1.37. The third-order valence-electron chi connectivity index (χ3n) is 5.91. The Morgan fingerprint density at radius 2 is 2.00 bits per heavy atom. The number of aromatic nitrogens is 1. The molecule has 0 radical (unpaired) electrons. The molecule has 4 rings (SSSR count). The third-order valence-corrected chi connectivity index (χ3v) is 5.91. The quantitative estimate of drug-likeness (QED) is 0.492. The van der Waals surface area contributed by atoms with Gasteiger partial charge in [-0.25, -0.2) is 4.99 Å². The molecule has 2 heterocycles. The van der Waals surface area contributed by atoms with Crippen LogP contribution in [0.3, 0.4) is 0 Å². The van der Waals surface area contributed by atoms with Crippen LogP contribution in [-0.4, -0.2) is 54.1 Å². The predicted octanol–water partition coefficient (Wildman–Crippen LogP) is 1.88. The van der Waals surface area contributed by atoms with Crippen molar-refractivity contribution in [1.82, 2.24) is 15.2 Å². The summed E-state index contributed by atoms with van der Waals surface area (Å²) >= 11 is 0. The van der Waals surface area contributed by atoms with Crippen molar-refractivity contribution in [2.45, 2.75) is 25.3 Å². The number of hydrogen-bond donors (Lipinski definition) is 3. The molecule has 0 unspecified atom stereocenters. The second-order valence-electron chi connectivity index (χ2n) is 8.17. The van der Waals surface area contributed by atoms with Crippen molar-refractivity contribution in [3.05, 3.63) is 82.8 Å². The van der Waals surface area contributed by atoms with E-state index in [1.807, 2.05) is 0 Å². The Kier molecular flexibility index (Phi) is 6.83. The zero-order valence-electron chi connectivity index (χ0n) is 18.7. The van der Waals surface area contributed by atoms with Crippen molar-refractivity contribution < 1.29 is 4.79 Å². The Morgan fingerprint density at radius 3 is 2.70 bits per heavy atom. The topological polar surface area (TPSA) is 122 Å². The molecule has 0 bridgehead atoms. The molecule has 5 N–H and O–H groups in total. The maximum Gasteiger partial charge on any atom is 0.272 e. The first-order chi connectivity index (χ1) is 16.1. The highest BCUT2D eigenvalue weighted by Gasteiger charge is 2.22. The van der Waals surface area contributed by atoms with Gasteiger partial charge in [0.2, 0.25) is 5.96 Å². The van der Waals surface area contributed by atoms with Gasteiger partial charge in [0.1, 0.15) is 5.69 Å². The van der Waals surface area contributed by atoms with E-state index in [-0.39, 0.29) is 11.9 Å². The molecule has 0 spiro atoms. The lowest BCUT2D eigenvalue weighted by molar-refractivity contribution is 0.0763. The minimum absolute atomic E-state index is 0.146. The molecule has 2 aliphatic rings. The molecule has 1 aromatic carbocycles. The SMILES string of the molecule is CN=C(N=CC1=CCCN(C(=O)c2cc(/C(N)=C/N)ccn2)C1)NC1Cc2ccccc2C1. The molecule has 1 aromatic heterocycles. The lowest BCUT2D eigenvalue weighted by Gasteiger charge is -2.26. The summed E-state index contributed by atoms with van der Waals surface area (Å²) in [7, 11) is 1.73. The van der Waals surface area contributed by atoms with E-state index in [1.165, 1.54) is 17.3 Å². The molecule has 1 aliphatic carbocycles. The van der Waals surface area contributed by atoms with Gasteiger partial charge in [0.15, 0.2) is 0 Å². The van der Waals surface area contributed by atoms with E-state index in [2.05, 4.69) is 50.6 Å². The zero-order chi connectivity index (χ0) is 23.2. The molecule has 33 heavy (non-hydrogen) atoms. The number of carbonyl (C=O) groups is 1. The monoisotopic (exact) mass is 443 g/mol. The molecular weight excluding hydrogens is 414 g/mol. The van der Waals surface area contributed by atoms with Crippen LogP contribution >= 0.6 is 0 Å². The predicted molar refractivity (Wildman–Crippen MR) is 132 cm³/mol. The van der Waals surface area contributed by atoms with Crippen molar-refractivity contribution in [2.75, 3.05) is 20.1 Å². The molecule has 1 aliphatic heterocycles. The van der Waals surface area contributed by atoms with Crippen molar-refractivity contribution in [3.8, 4) is 0 Å². The zero-order valence-corrected chi connectivity index (χ0v) is 18.7. The van der Waals surface area contributed by atoms with Crippen LogP contribution < -0.4 is 16.8 Å². The Labute approximate surface area is 193 Å². The lowest BCUT2D eigenvalue weighted by atomic mass is 10.1. The van der Waals surface area contributed by atoms with Gasteiger partial charge in [0.05, 0.1) is 5.70 Å². The van der Waals surface area contributed by atoms with Gasteiger partial charge in [-0.05, 0) is 48.1 Å². The van der Waals surface area contributed by atoms with Crippen molar-refractivity contribution in [1.29, 1.82) is 0 Å². The highest BCUT2D eigenvalue weighted by molar-refractivity contribution is 5.96. The Morgan fingerprint density at radius 1 is 1.24 bits per heavy atom. The number of fused-ring (bicyclic) bond motifs is 1. The molecular formula is C25H29N7O. The van der Waals surface area contributed by atoms with Gasteiger partial charge in [-0.1, -0.05) is 30.3 Å². The summed E-state index contributed by atoms with van der Waals surface area (Å²) in [5, 5.41) is 3.44. The molecule has 8 nitrogen and oxygen atoms in total. The number of hydrogen-bond acceptors (Lipinski definition) is 5. The molecule has 1 amide bonds. The fraction of sp³-hybridized carbons (Fsp3) is 0.280. The largest absolute Gasteiger partial charge is 0.403 e. The number of nitrogens with zero attached hydrogens (tertiary/aromatic N) is 4. The summed E-state index contributed by atoms with van der Waals surface area (Å²) in [5.74, 6) is 0.447. The molecule has 0 fully saturated rings. The van der Waals surface area contributed by atoms with Gasteiger partial charge >= 0.3 is 0 Å². The Bertz CT molecular complexity index is 1120. The van der Waals surface area contributed by atoms with E-state index in [1.54, 1.807) is 36.5 Å². The summed E-state index contributed by atoms with van der Waals surface area (Å²) in [4.78, 5) is 27.8. The van der Waals surface area contributed by atoms with E-state index in [9.17, 15) is 4.79 Å². The first-order valence-corrected chi connectivity index (χ1v) is 11.0. The van der Waals surface area contributed by atoms with Crippen LogP contribution in [0.2, 0.25) is 0 Å². The van der Waals surface area contributed by atoms with Gasteiger partial charge in [0, 0.05) is 50.4 Å². The van der Waals surface area contributed by atoms with Gasteiger partial charge < -0.3 is 21.7 Å². The van der Waals surface area contributed by atoms with Crippen LogP contribution in [-0.2, 0) is 12.8 Å². The van der Waals surface area contributed by atoms with Gasteiger partial charge in [-0.15, -0.1) is 0 Å². The number of nitrogens with two attached hydrogens (primary N) is 2. The molecule has 0 atom stereocenters. The number of aliphatic imine (C=N–C) groups is 2. The first-order valence-electron chi connectivity index (χ1n) is 11.0. The normalized spacial score (nSPS) is 17.2. The molecule has 8 heteroatoms. The van der Waals surface area contributed by atoms with E-state index >= 15 is 0 Å². The van der Waals surface area contributed by atoms with E-state index in [4.69, 9.17) is 11.5 Å². The molecule has 0 saturated carbocycles. The number of carbonyl (C=O) groups excluding carboxylic acids is 1. The number of amides is 1. The second-order valence-corrected chi connectivity index (χ2v) is 8.17. The average molecular weight is 444 g/mol. The standard InChI is InChI=1S/C25H29N7O/c1-28-25(31-21-11-18-6-2-3-7-19(18)12-21)30-15-17-5-4-10-32(16-17)24(33)23-13-20(8-9-29-23)22(27)14-26/h2-3,5-9,13-15,21H,4,10-12,16,26-27H2,1H3,(H,28,31)/b22-14-,30-15?. The highest BCUT2D eigenvalue weighted by Crippen LogP contribution is 2.21. The van der Waals surface area contributed by atoms with Crippen molar-refractivity contribution >= 4 is 23.8 Å². The Hall–Kier alpha value is -3.94. The van der Waals surface area contributed by atoms with E-state index < -0.39 is 0 Å². The number of nitrogens with one attached hydrogen (secondary N) is 1. The average Bonchev–Trinajstić information content (AvgIpc) is 3.28. The number of pyridine rings is 1. The summed E-state index contributed by atoms with van der Waals surface area (Å²) in [6.45, 7) is 1.08. The highest BCUT2D eigenvalue weighted by atomic mass is 16.2. The van der Waals surface area contributed by atoms with E-state index in [0.29, 0.717) is 36.0 Å². The van der Waals surface area contributed by atoms with Gasteiger partial charge in [-0.2, -0.15) is 0 Å².